The Morgan fingerprint density at radius 2 is 2.13 bits per heavy atom. The molecule has 2 aromatic rings. The molecule has 0 saturated carbocycles. The molecule has 0 radical (unpaired) electrons. The van der Waals surface area contributed by atoms with Crippen LogP contribution in [0.2, 0.25) is 0 Å². The monoisotopic (exact) mass is 471 g/mol. The van der Waals surface area contributed by atoms with Crippen LogP contribution in [0, 0.1) is 10.1 Å². The van der Waals surface area contributed by atoms with E-state index in [2.05, 4.69) is 26.1 Å². The standard InChI is InChI=1S/C22H22BrN3O4/c1-2-30-18-10-9-13(23)12-14(18)19-17-8-5-11-25(17)22(20(19)26(28)29)15-6-3-4-7-16(15)24-21(22)27/h3-4,6-7,9-10,12,17,19-20H,2,5,8,11H2,1H3,(H,24,27)/t17-,19+,20+,22+/m0/s1. The van der Waals surface area contributed by atoms with Crippen molar-refractivity contribution >= 4 is 27.5 Å². The molecule has 2 fully saturated rings. The van der Waals surface area contributed by atoms with Gasteiger partial charge in [0.15, 0.2) is 5.54 Å². The van der Waals surface area contributed by atoms with Crippen molar-refractivity contribution in [3.63, 3.8) is 0 Å². The van der Waals surface area contributed by atoms with Crippen LogP contribution in [-0.4, -0.2) is 41.0 Å². The molecule has 3 heterocycles. The second-order valence-corrected chi connectivity index (χ2v) is 8.96. The summed E-state index contributed by atoms with van der Waals surface area (Å²) in [5.74, 6) is -0.112. The van der Waals surface area contributed by atoms with E-state index in [1.807, 2.05) is 49.4 Å². The number of benzene rings is 2. The molecule has 3 aliphatic heterocycles. The molecular weight excluding hydrogens is 450 g/mol. The molecule has 8 heteroatoms. The lowest BCUT2D eigenvalue weighted by Crippen LogP contribution is -2.55. The summed E-state index contributed by atoms with van der Waals surface area (Å²) < 4.78 is 6.70. The van der Waals surface area contributed by atoms with Gasteiger partial charge in [0.2, 0.25) is 0 Å². The molecule has 7 nitrogen and oxygen atoms in total. The van der Waals surface area contributed by atoms with Crippen molar-refractivity contribution in [2.75, 3.05) is 18.5 Å². The van der Waals surface area contributed by atoms with E-state index >= 15 is 0 Å². The first-order valence-corrected chi connectivity index (χ1v) is 11.0. The van der Waals surface area contributed by atoms with Crippen LogP contribution in [0.4, 0.5) is 5.69 Å². The number of hydrogen-bond acceptors (Lipinski definition) is 5. The van der Waals surface area contributed by atoms with Crippen LogP contribution >= 0.6 is 15.9 Å². The van der Waals surface area contributed by atoms with Crippen molar-refractivity contribution in [2.24, 2.45) is 0 Å². The average Bonchev–Trinajstić information content (AvgIpc) is 3.37. The first-order chi connectivity index (χ1) is 14.5. The van der Waals surface area contributed by atoms with Gasteiger partial charge in [0.25, 0.3) is 11.9 Å². The highest BCUT2D eigenvalue weighted by Gasteiger charge is 2.73. The van der Waals surface area contributed by atoms with Crippen molar-refractivity contribution in [1.82, 2.24) is 4.90 Å². The summed E-state index contributed by atoms with van der Waals surface area (Å²) in [5.41, 5.74) is 0.857. The van der Waals surface area contributed by atoms with Crippen LogP contribution in [0.25, 0.3) is 0 Å². The number of fused-ring (bicyclic) bond motifs is 4. The number of hydrogen-bond donors (Lipinski definition) is 1. The number of carbonyl (C=O) groups is 1. The van der Waals surface area contributed by atoms with Crippen LogP contribution in [0.1, 0.15) is 36.8 Å². The molecule has 0 aliphatic carbocycles. The summed E-state index contributed by atoms with van der Waals surface area (Å²) >= 11 is 3.52. The van der Waals surface area contributed by atoms with Gasteiger partial charge in [-0.25, -0.2) is 0 Å². The van der Waals surface area contributed by atoms with Crippen molar-refractivity contribution in [1.29, 1.82) is 0 Å². The fourth-order valence-electron chi connectivity index (χ4n) is 5.81. The molecule has 1 N–H and O–H groups in total. The van der Waals surface area contributed by atoms with Gasteiger partial charge in [-0.05, 0) is 44.0 Å². The third-order valence-electron chi connectivity index (χ3n) is 6.72. The first kappa shape index (κ1) is 19.5. The summed E-state index contributed by atoms with van der Waals surface area (Å²) in [6.45, 7) is 3.02. The number of nitrogens with zero attached hydrogens (tertiary/aromatic N) is 2. The molecule has 5 rings (SSSR count). The van der Waals surface area contributed by atoms with E-state index in [-0.39, 0.29) is 16.9 Å². The van der Waals surface area contributed by atoms with Gasteiger partial charge in [-0.3, -0.25) is 19.8 Å². The molecule has 30 heavy (non-hydrogen) atoms. The van der Waals surface area contributed by atoms with E-state index < -0.39 is 17.5 Å². The highest BCUT2D eigenvalue weighted by molar-refractivity contribution is 9.10. The van der Waals surface area contributed by atoms with Gasteiger partial charge in [-0.2, -0.15) is 0 Å². The number of nitro groups is 1. The third-order valence-corrected chi connectivity index (χ3v) is 7.22. The second kappa shape index (κ2) is 7.06. The minimum Gasteiger partial charge on any atom is -0.494 e. The number of ether oxygens (including phenoxy) is 1. The van der Waals surface area contributed by atoms with Crippen molar-refractivity contribution in [3.05, 3.63) is 68.2 Å². The van der Waals surface area contributed by atoms with E-state index in [4.69, 9.17) is 4.74 Å². The number of rotatable bonds is 4. The Labute approximate surface area is 182 Å². The zero-order valence-corrected chi connectivity index (χ0v) is 18.1. The zero-order chi connectivity index (χ0) is 21.0. The second-order valence-electron chi connectivity index (χ2n) is 8.04. The van der Waals surface area contributed by atoms with Crippen molar-refractivity contribution < 1.29 is 14.5 Å². The Morgan fingerprint density at radius 3 is 2.90 bits per heavy atom. The lowest BCUT2D eigenvalue weighted by molar-refractivity contribution is -0.534. The van der Waals surface area contributed by atoms with E-state index in [9.17, 15) is 14.9 Å². The predicted octanol–water partition coefficient (Wildman–Crippen LogP) is 3.90. The molecule has 0 bridgehead atoms. The molecule has 156 valence electrons. The van der Waals surface area contributed by atoms with Gasteiger partial charge < -0.3 is 10.1 Å². The SMILES string of the molecule is CCOc1ccc(Br)cc1[C@@H]1[C@@H]2CCCN2[C@@]2(C(=O)Nc3ccccc32)[C@@H]1[N+](=O)[O-]. The smallest absolute Gasteiger partial charge is 0.256 e. The van der Waals surface area contributed by atoms with E-state index in [0.717, 1.165) is 22.9 Å². The minimum absolute atomic E-state index is 0.106. The first-order valence-electron chi connectivity index (χ1n) is 10.2. The highest BCUT2D eigenvalue weighted by atomic mass is 79.9. The molecular formula is C22H22BrN3O4. The fourth-order valence-corrected chi connectivity index (χ4v) is 6.19. The molecule has 1 spiro atoms. The Balaban J connectivity index is 1.77. The fraction of sp³-hybridized carbons (Fsp3) is 0.409. The summed E-state index contributed by atoms with van der Waals surface area (Å²) in [6, 6.07) is 11.8. The van der Waals surface area contributed by atoms with Gasteiger partial charge in [0.1, 0.15) is 5.75 Å². The highest BCUT2D eigenvalue weighted by Crippen LogP contribution is 2.59. The lowest BCUT2D eigenvalue weighted by atomic mass is 9.77. The minimum atomic E-state index is -1.31. The summed E-state index contributed by atoms with van der Waals surface area (Å²) in [4.78, 5) is 27.9. The molecule has 2 aromatic carbocycles. The number of carbonyl (C=O) groups excluding carboxylic acids is 1. The predicted molar refractivity (Wildman–Crippen MR) is 115 cm³/mol. The lowest BCUT2D eigenvalue weighted by Gasteiger charge is -2.32. The maximum atomic E-state index is 13.5. The van der Waals surface area contributed by atoms with Gasteiger partial charge in [-0.15, -0.1) is 0 Å². The molecule has 1 amide bonds. The normalized spacial score (nSPS) is 29.7. The Kier molecular flexibility index (Phi) is 4.59. The number of para-hydroxylation sites is 1. The van der Waals surface area contributed by atoms with Gasteiger partial charge >= 0.3 is 0 Å². The van der Waals surface area contributed by atoms with Crippen LogP contribution in [-0.2, 0) is 10.3 Å². The molecule has 2 saturated heterocycles. The molecule has 0 unspecified atom stereocenters. The van der Waals surface area contributed by atoms with E-state index in [0.29, 0.717) is 30.2 Å². The quantitative estimate of drug-likeness (QED) is 0.539. The largest absolute Gasteiger partial charge is 0.494 e. The topological polar surface area (TPSA) is 84.7 Å². The summed E-state index contributed by atoms with van der Waals surface area (Å²) in [7, 11) is 0. The zero-order valence-electron chi connectivity index (χ0n) is 16.5. The van der Waals surface area contributed by atoms with Crippen LogP contribution in [0.3, 0.4) is 0 Å². The summed E-state index contributed by atoms with van der Waals surface area (Å²) in [6.07, 6.45) is 1.71. The van der Waals surface area contributed by atoms with Crippen LogP contribution < -0.4 is 10.1 Å². The van der Waals surface area contributed by atoms with Crippen molar-refractivity contribution in [2.45, 2.75) is 43.3 Å². The van der Waals surface area contributed by atoms with Gasteiger partial charge in [0, 0.05) is 38.8 Å². The molecule has 3 aliphatic rings. The van der Waals surface area contributed by atoms with Crippen LogP contribution in [0.5, 0.6) is 5.75 Å². The molecule has 0 aromatic heterocycles. The summed E-state index contributed by atoms with van der Waals surface area (Å²) in [5, 5.41) is 15.6. The van der Waals surface area contributed by atoms with Gasteiger partial charge in [0.05, 0.1) is 12.5 Å². The average molecular weight is 472 g/mol. The Morgan fingerprint density at radius 1 is 1.33 bits per heavy atom. The Bertz CT molecular complexity index is 1040. The Hall–Kier alpha value is -2.45. The number of amides is 1. The number of nitrogens with one attached hydrogen (secondary N) is 1. The number of anilines is 1. The maximum Gasteiger partial charge on any atom is 0.256 e. The van der Waals surface area contributed by atoms with Gasteiger partial charge in [-0.1, -0.05) is 34.1 Å². The van der Waals surface area contributed by atoms with E-state index in [1.165, 1.54) is 0 Å². The maximum absolute atomic E-state index is 13.5. The number of halogens is 1. The van der Waals surface area contributed by atoms with E-state index in [1.54, 1.807) is 0 Å². The van der Waals surface area contributed by atoms with Crippen molar-refractivity contribution in [3.8, 4) is 5.75 Å². The third kappa shape index (κ3) is 2.50. The molecule has 4 atom stereocenters. The van der Waals surface area contributed by atoms with Crippen LogP contribution in [0.15, 0.2) is 46.9 Å².